The summed E-state index contributed by atoms with van der Waals surface area (Å²) in [5.74, 6) is 2.69. The number of aromatic nitrogens is 3. The van der Waals surface area contributed by atoms with Gasteiger partial charge >= 0.3 is 0 Å². The van der Waals surface area contributed by atoms with Crippen molar-refractivity contribution in [2.75, 3.05) is 20.8 Å². The number of carbonyl (C=O) groups is 1. The van der Waals surface area contributed by atoms with Gasteiger partial charge < -0.3 is 29.2 Å². The first kappa shape index (κ1) is 27.1. The standard InChI is InChI=1S/C32H43N5O3/c1-6-13-35-30-25(14-24(16-28(30)40-5)32(38)37-18-23-11-12-26(37)29(23)33)34-31(35)27-15-22(10-7-19(2)39-4)20(3)36(27)17-21-8-9-21/h10,14-16,19,21,23,26,29H,3,6-9,11-13,17-18,33H2,1-2,4-5H3/b22-10-/t19?,23?,26?,29-/m1/s1. The van der Waals surface area contributed by atoms with Crippen molar-refractivity contribution in [2.45, 2.75) is 83.6 Å². The highest BCUT2D eigenvalue weighted by Crippen LogP contribution is 2.39. The number of imidazole rings is 1. The highest BCUT2D eigenvalue weighted by Gasteiger charge is 2.47. The Labute approximate surface area is 236 Å². The number of benzene rings is 1. The van der Waals surface area contributed by atoms with E-state index in [-0.39, 0.29) is 24.1 Å². The monoisotopic (exact) mass is 545 g/mol. The van der Waals surface area contributed by atoms with Crippen molar-refractivity contribution in [3.8, 4) is 17.3 Å². The number of rotatable bonds is 10. The van der Waals surface area contributed by atoms with Crippen molar-refractivity contribution in [3.63, 3.8) is 0 Å². The molecule has 2 aliphatic carbocycles. The van der Waals surface area contributed by atoms with E-state index in [1.165, 1.54) is 12.8 Å². The molecule has 1 saturated heterocycles. The number of likely N-dealkylation sites (tertiary alicyclic amines) is 1. The summed E-state index contributed by atoms with van der Waals surface area (Å²) in [6.45, 7) is 11.2. The minimum Gasteiger partial charge on any atom is -0.494 e. The van der Waals surface area contributed by atoms with E-state index in [2.05, 4.69) is 41.7 Å². The van der Waals surface area contributed by atoms with E-state index in [0.29, 0.717) is 23.1 Å². The molecule has 3 aromatic rings. The Morgan fingerprint density at radius 1 is 1.20 bits per heavy atom. The van der Waals surface area contributed by atoms with Crippen LogP contribution in [0.5, 0.6) is 5.75 Å². The molecule has 0 radical (unpaired) electrons. The van der Waals surface area contributed by atoms with E-state index in [4.69, 9.17) is 20.2 Å². The fourth-order valence-electron chi connectivity index (χ4n) is 6.72. The van der Waals surface area contributed by atoms with Gasteiger partial charge in [0.15, 0.2) is 5.82 Å². The minimum atomic E-state index is 0.0238. The molecule has 2 N–H and O–H groups in total. The van der Waals surface area contributed by atoms with E-state index in [0.717, 1.165) is 78.4 Å². The second kappa shape index (κ2) is 10.7. The molecule has 3 unspecified atom stereocenters. The second-order valence-electron chi connectivity index (χ2n) is 12.0. The average molecular weight is 546 g/mol. The van der Waals surface area contributed by atoms with Gasteiger partial charge in [-0.15, -0.1) is 0 Å². The summed E-state index contributed by atoms with van der Waals surface area (Å²) >= 11 is 0. The zero-order valence-electron chi connectivity index (χ0n) is 24.4. The number of aryl methyl sites for hydroxylation is 1. The molecule has 6 rings (SSSR count). The fraction of sp³-hybridized carbons (Fsp3) is 0.562. The molecule has 214 valence electrons. The summed E-state index contributed by atoms with van der Waals surface area (Å²) in [6.07, 6.45) is 8.73. The lowest BCUT2D eigenvalue weighted by Crippen LogP contribution is -2.41. The third-order valence-corrected chi connectivity index (χ3v) is 9.32. The van der Waals surface area contributed by atoms with Crippen molar-refractivity contribution < 1.29 is 14.3 Å². The highest BCUT2D eigenvalue weighted by molar-refractivity contribution is 6.00. The van der Waals surface area contributed by atoms with E-state index >= 15 is 0 Å². The van der Waals surface area contributed by atoms with Gasteiger partial charge in [0, 0.05) is 49.7 Å². The van der Waals surface area contributed by atoms with Gasteiger partial charge in [0.1, 0.15) is 11.3 Å². The van der Waals surface area contributed by atoms with Crippen molar-refractivity contribution in [3.05, 3.63) is 34.3 Å². The normalized spacial score (nSPS) is 23.5. The molecule has 3 aliphatic rings. The predicted molar refractivity (Wildman–Crippen MR) is 159 cm³/mol. The van der Waals surface area contributed by atoms with Gasteiger partial charge in [-0.25, -0.2) is 4.98 Å². The molecule has 8 heteroatoms. The molecule has 1 amide bonds. The molecule has 2 bridgehead atoms. The lowest BCUT2D eigenvalue weighted by Gasteiger charge is -2.27. The Morgan fingerprint density at radius 2 is 2.00 bits per heavy atom. The van der Waals surface area contributed by atoms with Crippen molar-refractivity contribution in [1.82, 2.24) is 19.0 Å². The van der Waals surface area contributed by atoms with Crippen LogP contribution in [0.1, 0.15) is 62.7 Å². The van der Waals surface area contributed by atoms with Crippen LogP contribution < -0.4 is 21.0 Å². The molecule has 4 atom stereocenters. The third-order valence-electron chi connectivity index (χ3n) is 9.32. The van der Waals surface area contributed by atoms with Gasteiger partial charge in [-0.05, 0) is 80.7 Å². The van der Waals surface area contributed by atoms with Gasteiger partial charge in [0.25, 0.3) is 5.91 Å². The van der Waals surface area contributed by atoms with Gasteiger partial charge in [-0.1, -0.05) is 19.6 Å². The van der Waals surface area contributed by atoms with Crippen LogP contribution in [-0.2, 0) is 17.8 Å². The van der Waals surface area contributed by atoms with Crippen LogP contribution in [0.2, 0.25) is 0 Å². The van der Waals surface area contributed by atoms with Crippen molar-refractivity contribution in [1.29, 1.82) is 0 Å². The smallest absolute Gasteiger partial charge is 0.254 e. The van der Waals surface area contributed by atoms with Crippen LogP contribution in [-0.4, -0.2) is 63.9 Å². The first-order chi connectivity index (χ1) is 19.3. The zero-order valence-corrected chi connectivity index (χ0v) is 24.4. The van der Waals surface area contributed by atoms with Crippen molar-refractivity contribution >= 4 is 29.6 Å². The highest BCUT2D eigenvalue weighted by atomic mass is 16.5. The predicted octanol–water partition coefficient (Wildman–Crippen LogP) is 3.51. The van der Waals surface area contributed by atoms with Crippen LogP contribution in [0.3, 0.4) is 0 Å². The first-order valence-electron chi connectivity index (χ1n) is 14.9. The maximum Gasteiger partial charge on any atom is 0.254 e. The number of nitrogens with zero attached hydrogens (tertiary/aromatic N) is 4. The van der Waals surface area contributed by atoms with Gasteiger partial charge in [-0.3, -0.25) is 4.79 Å². The number of amides is 1. The van der Waals surface area contributed by atoms with Crippen LogP contribution in [0.25, 0.3) is 35.2 Å². The number of methoxy groups -OCH3 is 2. The first-order valence-corrected chi connectivity index (χ1v) is 14.9. The topological polar surface area (TPSA) is 87.5 Å². The molecular weight excluding hydrogens is 502 g/mol. The van der Waals surface area contributed by atoms with Gasteiger partial charge in [-0.2, -0.15) is 0 Å². The van der Waals surface area contributed by atoms with Crippen LogP contribution in [0.15, 0.2) is 18.2 Å². The quantitative estimate of drug-likeness (QED) is 0.421. The summed E-state index contributed by atoms with van der Waals surface area (Å²) in [5.41, 5.74) is 9.81. The number of hydrogen-bond acceptors (Lipinski definition) is 5. The second-order valence-corrected chi connectivity index (χ2v) is 12.0. The summed E-state index contributed by atoms with van der Waals surface area (Å²) in [4.78, 5) is 20.9. The molecule has 1 aromatic carbocycles. The number of fused-ring (bicyclic) bond motifs is 3. The van der Waals surface area contributed by atoms with Crippen LogP contribution in [0, 0.1) is 11.8 Å². The Morgan fingerprint density at radius 3 is 2.62 bits per heavy atom. The average Bonchev–Trinajstić information content (AvgIpc) is 3.39. The lowest BCUT2D eigenvalue weighted by molar-refractivity contribution is 0.0700. The van der Waals surface area contributed by atoms with Gasteiger partial charge in [0.2, 0.25) is 0 Å². The summed E-state index contributed by atoms with van der Waals surface area (Å²) < 4.78 is 16.0. The third kappa shape index (κ3) is 4.65. The molecule has 2 aromatic heterocycles. The van der Waals surface area contributed by atoms with E-state index in [1.54, 1.807) is 14.2 Å². The maximum atomic E-state index is 13.7. The molecular formula is C32H43N5O3. The van der Waals surface area contributed by atoms with Crippen LogP contribution >= 0.6 is 0 Å². The van der Waals surface area contributed by atoms with Crippen molar-refractivity contribution in [2.24, 2.45) is 17.6 Å². The maximum absolute atomic E-state index is 13.7. The Bertz CT molecular complexity index is 1530. The molecule has 1 aliphatic heterocycles. The Balaban J connectivity index is 1.47. The molecule has 3 fully saturated rings. The minimum absolute atomic E-state index is 0.0238. The zero-order chi connectivity index (χ0) is 28.1. The molecule has 8 nitrogen and oxygen atoms in total. The SMILES string of the molecule is C=c1/c(=C\CC(C)OC)cc(-c2nc3cc(C(=O)N4CC5CCC4[C@@H]5N)cc(OC)c3n2CCC)n1CC1CC1. The number of nitrogens with two attached hydrogens (primary N) is 1. The number of carbonyl (C=O) groups excluding carboxylic acids is 1. The van der Waals surface area contributed by atoms with Gasteiger partial charge in [0.05, 0.1) is 24.4 Å². The summed E-state index contributed by atoms with van der Waals surface area (Å²) in [6, 6.07) is 6.27. The number of ether oxygens (including phenoxy) is 2. The molecule has 3 heterocycles. The Kier molecular flexibility index (Phi) is 7.25. The van der Waals surface area contributed by atoms with E-state index in [1.807, 2.05) is 17.0 Å². The Hall–Kier alpha value is -3.10. The van der Waals surface area contributed by atoms with E-state index < -0.39 is 0 Å². The van der Waals surface area contributed by atoms with E-state index in [9.17, 15) is 4.79 Å². The fourth-order valence-corrected chi connectivity index (χ4v) is 6.72. The lowest BCUT2D eigenvalue weighted by atomic mass is 10.1. The molecule has 2 saturated carbocycles. The number of piperidine rings is 1. The number of hydrogen-bond donors (Lipinski definition) is 1. The largest absolute Gasteiger partial charge is 0.494 e. The van der Waals surface area contributed by atoms with Crippen LogP contribution in [0.4, 0.5) is 0 Å². The summed E-state index contributed by atoms with van der Waals surface area (Å²) in [5, 5.41) is 2.14. The molecule has 40 heavy (non-hydrogen) atoms. The summed E-state index contributed by atoms with van der Waals surface area (Å²) in [7, 11) is 3.42. The molecule has 0 spiro atoms.